The molecule has 5 nitrogen and oxygen atoms in total. The van der Waals surface area contributed by atoms with Crippen LogP contribution in [0.4, 0.5) is 8.78 Å². The van der Waals surface area contributed by atoms with E-state index in [4.69, 9.17) is 9.47 Å². The largest absolute Gasteiger partial charge is 0.493 e. The van der Waals surface area contributed by atoms with E-state index >= 15 is 0 Å². The van der Waals surface area contributed by atoms with Crippen LogP contribution in [-0.4, -0.2) is 38.1 Å². The predicted octanol–water partition coefficient (Wildman–Crippen LogP) is 4.51. The Hall–Kier alpha value is -3.45. The standard InChI is InChI=1S/C26H26F2N2O3/c1-32-24-13-19-11-12-30(16-17-3-7-20(27)8-4-17)23(22(19)14-25(24)33-2)15-29-26(31)18-5-9-21(28)10-6-18/h3-10,13-14,23H,11-12,15-16H2,1-2H3,(H,29,31). The van der Waals surface area contributed by atoms with E-state index in [9.17, 15) is 13.6 Å². The van der Waals surface area contributed by atoms with Gasteiger partial charge in [-0.1, -0.05) is 12.1 Å². The number of rotatable bonds is 7. The number of fused-ring (bicyclic) bond motifs is 1. The van der Waals surface area contributed by atoms with Crippen molar-refractivity contribution in [3.05, 3.63) is 94.6 Å². The van der Waals surface area contributed by atoms with Crippen molar-refractivity contribution in [3.8, 4) is 11.5 Å². The molecule has 0 saturated heterocycles. The first kappa shape index (κ1) is 22.7. The van der Waals surface area contributed by atoms with Crippen LogP contribution in [0.3, 0.4) is 0 Å². The van der Waals surface area contributed by atoms with Crippen LogP contribution in [0.1, 0.15) is 33.1 Å². The summed E-state index contributed by atoms with van der Waals surface area (Å²) in [6, 6.07) is 15.7. The maximum atomic E-state index is 13.4. The van der Waals surface area contributed by atoms with Crippen molar-refractivity contribution in [1.29, 1.82) is 0 Å². The van der Waals surface area contributed by atoms with Crippen LogP contribution in [-0.2, 0) is 13.0 Å². The Balaban J connectivity index is 1.62. The second-order valence-electron chi connectivity index (χ2n) is 7.99. The molecule has 1 unspecified atom stereocenters. The van der Waals surface area contributed by atoms with Crippen molar-refractivity contribution in [1.82, 2.24) is 10.2 Å². The minimum Gasteiger partial charge on any atom is -0.493 e. The fourth-order valence-corrected chi connectivity index (χ4v) is 4.23. The predicted molar refractivity (Wildman–Crippen MR) is 122 cm³/mol. The highest BCUT2D eigenvalue weighted by molar-refractivity contribution is 5.94. The molecule has 1 aliphatic rings. The third kappa shape index (κ3) is 5.14. The highest BCUT2D eigenvalue weighted by Gasteiger charge is 2.29. The van der Waals surface area contributed by atoms with Crippen LogP contribution in [0.15, 0.2) is 60.7 Å². The van der Waals surface area contributed by atoms with Crippen LogP contribution in [0.5, 0.6) is 11.5 Å². The minimum absolute atomic E-state index is 0.136. The van der Waals surface area contributed by atoms with Gasteiger partial charge in [0, 0.05) is 25.2 Å². The number of methoxy groups -OCH3 is 2. The first-order valence-electron chi connectivity index (χ1n) is 10.8. The van der Waals surface area contributed by atoms with Gasteiger partial charge in [-0.2, -0.15) is 0 Å². The molecule has 0 aliphatic carbocycles. The summed E-state index contributed by atoms with van der Waals surface area (Å²) in [6.45, 7) is 1.71. The van der Waals surface area contributed by atoms with Crippen molar-refractivity contribution in [2.75, 3.05) is 27.3 Å². The molecule has 7 heteroatoms. The monoisotopic (exact) mass is 452 g/mol. The summed E-state index contributed by atoms with van der Waals surface area (Å²) in [4.78, 5) is 15.0. The Morgan fingerprint density at radius 3 is 2.21 bits per heavy atom. The van der Waals surface area contributed by atoms with Crippen molar-refractivity contribution >= 4 is 5.91 Å². The van der Waals surface area contributed by atoms with Crippen molar-refractivity contribution in [2.45, 2.75) is 19.0 Å². The van der Waals surface area contributed by atoms with E-state index in [0.717, 1.165) is 29.7 Å². The fourth-order valence-electron chi connectivity index (χ4n) is 4.23. The average Bonchev–Trinajstić information content (AvgIpc) is 2.84. The molecule has 0 spiro atoms. The maximum Gasteiger partial charge on any atom is 0.251 e. The molecule has 33 heavy (non-hydrogen) atoms. The first-order valence-corrected chi connectivity index (χ1v) is 10.8. The molecular formula is C26H26F2N2O3. The van der Waals surface area contributed by atoms with Gasteiger partial charge < -0.3 is 14.8 Å². The minimum atomic E-state index is -0.390. The highest BCUT2D eigenvalue weighted by atomic mass is 19.1. The number of carbonyl (C=O) groups is 1. The summed E-state index contributed by atoms with van der Waals surface area (Å²) in [5.41, 5.74) is 3.55. The van der Waals surface area contributed by atoms with E-state index in [1.54, 1.807) is 26.4 Å². The van der Waals surface area contributed by atoms with Gasteiger partial charge in [-0.15, -0.1) is 0 Å². The zero-order valence-electron chi connectivity index (χ0n) is 18.6. The Kier molecular flexibility index (Phi) is 6.89. The number of hydrogen-bond donors (Lipinski definition) is 1. The number of hydrogen-bond acceptors (Lipinski definition) is 4. The third-order valence-corrected chi connectivity index (χ3v) is 5.97. The van der Waals surface area contributed by atoms with Gasteiger partial charge in [0.1, 0.15) is 11.6 Å². The molecule has 0 aromatic heterocycles. The van der Waals surface area contributed by atoms with E-state index in [1.807, 2.05) is 12.1 Å². The molecule has 1 N–H and O–H groups in total. The Bertz CT molecular complexity index is 1120. The quantitative estimate of drug-likeness (QED) is 0.573. The van der Waals surface area contributed by atoms with Gasteiger partial charge in [-0.05, 0) is 71.6 Å². The van der Waals surface area contributed by atoms with E-state index in [0.29, 0.717) is 30.2 Å². The SMILES string of the molecule is COc1cc2c(cc1OC)C(CNC(=O)c1ccc(F)cc1)N(Cc1ccc(F)cc1)CC2. The Morgan fingerprint density at radius 1 is 0.970 bits per heavy atom. The number of benzene rings is 3. The lowest BCUT2D eigenvalue weighted by atomic mass is 9.91. The van der Waals surface area contributed by atoms with Crippen molar-refractivity contribution < 1.29 is 23.0 Å². The Labute approximate surface area is 191 Å². The van der Waals surface area contributed by atoms with Gasteiger partial charge >= 0.3 is 0 Å². The molecule has 0 bridgehead atoms. The molecular weight excluding hydrogens is 426 g/mol. The second kappa shape index (κ2) is 10.0. The molecule has 1 aliphatic heterocycles. The number of nitrogens with one attached hydrogen (secondary N) is 1. The molecule has 1 amide bonds. The van der Waals surface area contributed by atoms with Crippen LogP contribution in [0.2, 0.25) is 0 Å². The summed E-state index contributed by atoms with van der Waals surface area (Å²) >= 11 is 0. The molecule has 1 heterocycles. The summed E-state index contributed by atoms with van der Waals surface area (Å²) in [5, 5.41) is 2.98. The number of halogens is 2. The molecule has 3 aromatic carbocycles. The summed E-state index contributed by atoms with van der Waals surface area (Å²) in [6.07, 6.45) is 0.805. The number of carbonyl (C=O) groups excluding carboxylic acids is 1. The summed E-state index contributed by atoms with van der Waals surface area (Å²) < 4.78 is 37.6. The van der Waals surface area contributed by atoms with Crippen LogP contribution < -0.4 is 14.8 Å². The molecule has 1 atom stereocenters. The molecule has 0 saturated carbocycles. The molecule has 3 aromatic rings. The lowest BCUT2D eigenvalue weighted by Gasteiger charge is -2.38. The highest BCUT2D eigenvalue weighted by Crippen LogP contribution is 2.38. The van der Waals surface area contributed by atoms with Gasteiger partial charge in [-0.25, -0.2) is 8.78 Å². The number of amides is 1. The second-order valence-corrected chi connectivity index (χ2v) is 7.99. The normalized spacial score (nSPS) is 15.6. The summed E-state index contributed by atoms with van der Waals surface area (Å²) in [7, 11) is 3.20. The lowest BCUT2D eigenvalue weighted by molar-refractivity contribution is 0.0925. The van der Waals surface area contributed by atoms with Crippen LogP contribution in [0, 0.1) is 11.6 Å². The first-order chi connectivity index (χ1) is 16.0. The molecule has 0 fully saturated rings. The molecule has 172 valence electrons. The van der Waals surface area contributed by atoms with E-state index in [1.165, 1.54) is 36.4 Å². The average molecular weight is 453 g/mol. The fraction of sp³-hybridized carbons (Fsp3) is 0.269. The van der Waals surface area contributed by atoms with Gasteiger partial charge in [-0.3, -0.25) is 9.69 Å². The van der Waals surface area contributed by atoms with Gasteiger partial charge in [0.2, 0.25) is 0 Å². The van der Waals surface area contributed by atoms with Crippen molar-refractivity contribution in [3.63, 3.8) is 0 Å². The zero-order valence-corrected chi connectivity index (χ0v) is 18.6. The van der Waals surface area contributed by atoms with Crippen molar-refractivity contribution in [2.24, 2.45) is 0 Å². The zero-order chi connectivity index (χ0) is 23.4. The Morgan fingerprint density at radius 2 is 1.58 bits per heavy atom. The third-order valence-electron chi connectivity index (χ3n) is 5.97. The van der Waals surface area contributed by atoms with E-state index in [2.05, 4.69) is 10.2 Å². The van der Waals surface area contributed by atoms with E-state index < -0.39 is 0 Å². The number of nitrogens with zero attached hydrogens (tertiary/aromatic N) is 1. The smallest absolute Gasteiger partial charge is 0.251 e. The summed E-state index contributed by atoms with van der Waals surface area (Å²) in [5.74, 6) is 0.346. The van der Waals surface area contributed by atoms with E-state index in [-0.39, 0.29) is 23.6 Å². The van der Waals surface area contributed by atoms with Crippen LogP contribution in [0.25, 0.3) is 0 Å². The maximum absolute atomic E-state index is 13.4. The van der Waals surface area contributed by atoms with Gasteiger partial charge in [0.25, 0.3) is 5.91 Å². The lowest BCUT2D eigenvalue weighted by Crippen LogP contribution is -2.41. The number of ether oxygens (including phenoxy) is 2. The van der Waals surface area contributed by atoms with Gasteiger partial charge in [0.05, 0.1) is 20.3 Å². The molecule has 0 radical (unpaired) electrons. The molecule has 4 rings (SSSR count). The van der Waals surface area contributed by atoms with Gasteiger partial charge in [0.15, 0.2) is 11.5 Å². The van der Waals surface area contributed by atoms with Crippen LogP contribution >= 0.6 is 0 Å². The topological polar surface area (TPSA) is 50.8 Å².